The van der Waals surface area contributed by atoms with E-state index in [2.05, 4.69) is 4.98 Å². The molecule has 1 aliphatic rings. The minimum absolute atomic E-state index is 0.0219. The number of anilines is 2. The molecule has 2 unspecified atom stereocenters. The lowest BCUT2D eigenvalue weighted by Gasteiger charge is -2.39. The van der Waals surface area contributed by atoms with Crippen molar-refractivity contribution in [1.29, 1.82) is 0 Å². The zero-order valence-electron chi connectivity index (χ0n) is 11.5. The van der Waals surface area contributed by atoms with Gasteiger partial charge in [0.25, 0.3) is 0 Å². The first-order valence-corrected chi connectivity index (χ1v) is 6.59. The Kier molecular flexibility index (Phi) is 3.97. The molecule has 2 heterocycles. The minimum atomic E-state index is -4.54. The molecule has 0 bridgehead atoms. The highest BCUT2D eigenvalue weighted by atomic mass is 19.4. The van der Waals surface area contributed by atoms with E-state index in [9.17, 15) is 18.0 Å². The Hall–Kier alpha value is -1.99. The first-order chi connectivity index (χ1) is 9.70. The Morgan fingerprint density at radius 1 is 1.43 bits per heavy atom. The molecule has 1 fully saturated rings. The van der Waals surface area contributed by atoms with Crippen LogP contribution in [0.15, 0.2) is 12.3 Å². The van der Waals surface area contributed by atoms with Crippen LogP contribution in [0.2, 0.25) is 0 Å². The Morgan fingerprint density at radius 2 is 2.10 bits per heavy atom. The summed E-state index contributed by atoms with van der Waals surface area (Å²) in [4.78, 5) is 16.3. The maximum absolute atomic E-state index is 12.8. The molecule has 1 aromatic rings. The van der Waals surface area contributed by atoms with Crippen molar-refractivity contribution >= 4 is 17.3 Å². The number of aromatic nitrogens is 1. The van der Waals surface area contributed by atoms with Crippen LogP contribution in [-0.2, 0) is 11.0 Å². The molecule has 0 radical (unpaired) electrons. The average molecular weight is 302 g/mol. The van der Waals surface area contributed by atoms with Crippen LogP contribution in [0.25, 0.3) is 0 Å². The van der Waals surface area contributed by atoms with Crippen molar-refractivity contribution in [3.63, 3.8) is 0 Å². The van der Waals surface area contributed by atoms with E-state index in [0.717, 1.165) is 12.3 Å². The molecule has 4 N–H and O–H groups in total. The predicted octanol–water partition coefficient (Wildman–Crippen LogP) is 1.77. The molecule has 0 aromatic carbocycles. The summed E-state index contributed by atoms with van der Waals surface area (Å²) in [6.45, 7) is 2.15. The highest BCUT2D eigenvalue weighted by Gasteiger charge is 2.35. The summed E-state index contributed by atoms with van der Waals surface area (Å²) in [6, 6.07) is 0.904. The van der Waals surface area contributed by atoms with Crippen LogP contribution in [-0.4, -0.2) is 23.5 Å². The largest absolute Gasteiger partial charge is 0.433 e. The van der Waals surface area contributed by atoms with Gasteiger partial charge in [0.05, 0.1) is 23.5 Å². The van der Waals surface area contributed by atoms with Crippen LogP contribution in [0.3, 0.4) is 0 Å². The van der Waals surface area contributed by atoms with E-state index in [4.69, 9.17) is 11.5 Å². The molecule has 116 valence electrons. The summed E-state index contributed by atoms with van der Waals surface area (Å²) < 4.78 is 38.3. The van der Waals surface area contributed by atoms with Gasteiger partial charge in [-0.05, 0) is 25.8 Å². The number of nitrogens with two attached hydrogens (primary N) is 2. The second kappa shape index (κ2) is 5.42. The number of nitrogen functional groups attached to an aromatic ring is 1. The van der Waals surface area contributed by atoms with E-state index in [1.54, 1.807) is 4.90 Å². The van der Waals surface area contributed by atoms with Gasteiger partial charge in [-0.15, -0.1) is 0 Å². The summed E-state index contributed by atoms with van der Waals surface area (Å²) in [7, 11) is 0. The van der Waals surface area contributed by atoms with Crippen molar-refractivity contribution in [2.24, 2.45) is 11.7 Å². The molecule has 1 aliphatic heterocycles. The van der Waals surface area contributed by atoms with Crippen LogP contribution in [0.1, 0.15) is 25.5 Å². The number of primary amides is 1. The van der Waals surface area contributed by atoms with Gasteiger partial charge in [0.15, 0.2) is 0 Å². The van der Waals surface area contributed by atoms with E-state index in [1.165, 1.54) is 0 Å². The third-order valence-electron chi connectivity index (χ3n) is 3.80. The highest BCUT2D eigenvalue weighted by molar-refractivity contribution is 5.78. The van der Waals surface area contributed by atoms with Gasteiger partial charge >= 0.3 is 6.18 Å². The standard InChI is InChI=1S/C13H17F3N4O/c1-7-2-3-8(12(18)21)6-20(7)10-4-11(13(14,15)16)19-5-9(10)17/h4-5,7-8H,2-3,6,17H2,1H3,(H2,18,21). The van der Waals surface area contributed by atoms with E-state index in [0.29, 0.717) is 12.8 Å². The summed E-state index contributed by atoms with van der Waals surface area (Å²) in [5, 5.41) is 0. The number of pyridine rings is 1. The molecule has 8 heteroatoms. The van der Waals surface area contributed by atoms with Crippen molar-refractivity contribution in [2.45, 2.75) is 32.0 Å². The van der Waals surface area contributed by atoms with Gasteiger partial charge in [-0.3, -0.25) is 4.79 Å². The number of halogens is 3. The second-order valence-electron chi connectivity index (χ2n) is 5.30. The van der Waals surface area contributed by atoms with Crippen molar-refractivity contribution < 1.29 is 18.0 Å². The summed E-state index contributed by atoms with van der Waals surface area (Å²) in [5.41, 5.74) is 10.5. The lowest BCUT2D eigenvalue weighted by molar-refractivity contribution is -0.141. The topological polar surface area (TPSA) is 85.2 Å². The second-order valence-corrected chi connectivity index (χ2v) is 5.30. The lowest BCUT2D eigenvalue weighted by atomic mass is 9.92. The molecule has 1 amide bonds. The third kappa shape index (κ3) is 3.20. The zero-order chi connectivity index (χ0) is 15.8. The number of amides is 1. The molecule has 0 saturated carbocycles. The summed E-state index contributed by atoms with van der Waals surface area (Å²) in [5.74, 6) is -0.835. The minimum Gasteiger partial charge on any atom is -0.396 e. The molecule has 0 spiro atoms. The maximum atomic E-state index is 12.8. The number of piperidine rings is 1. The number of hydrogen-bond donors (Lipinski definition) is 2. The Balaban J connectivity index is 2.37. The molecule has 2 atom stereocenters. The normalized spacial score (nSPS) is 23.1. The van der Waals surface area contributed by atoms with Crippen LogP contribution in [0.4, 0.5) is 24.5 Å². The van der Waals surface area contributed by atoms with E-state index in [1.807, 2.05) is 6.92 Å². The number of carbonyl (C=O) groups excluding carboxylic acids is 1. The third-order valence-corrected chi connectivity index (χ3v) is 3.80. The van der Waals surface area contributed by atoms with Gasteiger partial charge in [0.1, 0.15) is 5.69 Å². The van der Waals surface area contributed by atoms with Crippen LogP contribution < -0.4 is 16.4 Å². The lowest BCUT2D eigenvalue weighted by Crippen LogP contribution is -2.46. The fraction of sp³-hybridized carbons (Fsp3) is 0.538. The molecule has 21 heavy (non-hydrogen) atoms. The molecule has 2 rings (SSSR count). The first kappa shape index (κ1) is 15.4. The fourth-order valence-corrected chi connectivity index (χ4v) is 2.53. The van der Waals surface area contributed by atoms with Crippen molar-refractivity contribution in [2.75, 3.05) is 17.2 Å². The van der Waals surface area contributed by atoms with Gasteiger partial charge in [0, 0.05) is 12.6 Å². The zero-order valence-corrected chi connectivity index (χ0v) is 11.5. The van der Waals surface area contributed by atoms with Crippen molar-refractivity contribution in [3.8, 4) is 0 Å². The molecule has 0 aliphatic carbocycles. The predicted molar refractivity (Wildman–Crippen MR) is 72.4 cm³/mol. The van der Waals surface area contributed by atoms with Crippen LogP contribution in [0.5, 0.6) is 0 Å². The van der Waals surface area contributed by atoms with Crippen LogP contribution in [0, 0.1) is 5.92 Å². The molecule has 1 saturated heterocycles. The summed E-state index contributed by atoms with van der Waals surface area (Å²) >= 11 is 0. The maximum Gasteiger partial charge on any atom is 0.433 e. The van der Waals surface area contributed by atoms with Gasteiger partial charge < -0.3 is 16.4 Å². The molecular formula is C13H17F3N4O. The smallest absolute Gasteiger partial charge is 0.396 e. The number of alkyl halides is 3. The van der Waals surface area contributed by atoms with E-state index >= 15 is 0 Å². The fourth-order valence-electron chi connectivity index (χ4n) is 2.53. The summed E-state index contributed by atoms with van der Waals surface area (Å²) in [6.07, 6.45) is -2.25. The quantitative estimate of drug-likeness (QED) is 0.872. The number of carbonyl (C=O) groups is 1. The van der Waals surface area contributed by atoms with Gasteiger partial charge in [-0.25, -0.2) is 4.98 Å². The van der Waals surface area contributed by atoms with Gasteiger partial charge in [-0.1, -0.05) is 0 Å². The average Bonchev–Trinajstić information content (AvgIpc) is 2.38. The molecule has 5 nitrogen and oxygen atoms in total. The molecule has 1 aromatic heterocycles. The highest BCUT2D eigenvalue weighted by Crippen LogP contribution is 2.35. The van der Waals surface area contributed by atoms with E-state index in [-0.39, 0.29) is 29.9 Å². The number of nitrogens with zero attached hydrogens (tertiary/aromatic N) is 2. The van der Waals surface area contributed by atoms with Gasteiger partial charge in [-0.2, -0.15) is 13.2 Å². The molecular weight excluding hydrogens is 285 g/mol. The Morgan fingerprint density at radius 3 is 2.67 bits per heavy atom. The van der Waals surface area contributed by atoms with Gasteiger partial charge in [0.2, 0.25) is 5.91 Å². The number of rotatable bonds is 2. The monoisotopic (exact) mass is 302 g/mol. The van der Waals surface area contributed by atoms with Crippen molar-refractivity contribution in [3.05, 3.63) is 18.0 Å². The first-order valence-electron chi connectivity index (χ1n) is 6.59. The van der Waals surface area contributed by atoms with Crippen molar-refractivity contribution in [1.82, 2.24) is 4.98 Å². The SMILES string of the molecule is CC1CCC(C(N)=O)CN1c1cc(C(F)(F)F)ncc1N. The Bertz CT molecular complexity index is 547. The van der Waals surface area contributed by atoms with Crippen LogP contribution >= 0.6 is 0 Å². The van der Waals surface area contributed by atoms with E-state index < -0.39 is 17.8 Å². The Labute approximate surface area is 120 Å². The number of hydrogen-bond acceptors (Lipinski definition) is 4.